The van der Waals surface area contributed by atoms with Crippen LogP contribution in [0.4, 0.5) is 0 Å². The van der Waals surface area contributed by atoms with Gasteiger partial charge in [0.15, 0.2) is 0 Å². The van der Waals surface area contributed by atoms with E-state index in [2.05, 4.69) is 16.0 Å². The Labute approximate surface area is 135 Å². The van der Waals surface area contributed by atoms with Crippen LogP contribution in [-0.2, 0) is 6.54 Å². The molecule has 1 fully saturated rings. The second-order valence-electron chi connectivity index (χ2n) is 6.17. The molecule has 23 heavy (non-hydrogen) atoms. The Bertz CT molecular complexity index is 860. The minimum atomic E-state index is -0.0561. The normalized spacial score (nSPS) is 14.1. The minimum absolute atomic E-state index is 0.0561. The number of carbonyl (C=O) groups is 1. The molecule has 1 aromatic heterocycles. The summed E-state index contributed by atoms with van der Waals surface area (Å²) in [6.07, 6.45) is 2.39. The van der Waals surface area contributed by atoms with Crippen LogP contribution in [0.3, 0.4) is 0 Å². The maximum Gasteiger partial charge on any atom is 0.251 e. The van der Waals surface area contributed by atoms with Gasteiger partial charge >= 0.3 is 0 Å². The number of imidazole rings is 1. The fourth-order valence-corrected chi connectivity index (χ4v) is 2.93. The summed E-state index contributed by atoms with van der Waals surface area (Å²) in [4.78, 5) is 17.0. The molecule has 0 saturated heterocycles. The second-order valence-corrected chi connectivity index (χ2v) is 6.17. The summed E-state index contributed by atoms with van der Waals surface area (Å²) in [6.45, 7) is 2.47. The van der Waals surface area contributed by atoms with Crippen LogP contribution in [0.15, 0.2) is 48.5 Å². The first-order valence-electron chi connectivity index (χ1n) is 8.03. The van der Waals surface area contributed by atoms with Crippen molar-refractivity contribution in [1.29, 1.82) is 0 Å². The van der Waals surface area contributed by atoms with E-state index in [0.29, 0.717) is 18.2 Å². The molecule has 4 heteroatoms. The predicted octanol–water partition coefficient (Wildman–Crippen LogP) is 3.61. The van der Waals surface area contributed by atoms with Crippen LogP contribution >= 0.6 is 0 Å². The zero-order valence-electron chi connectivity index (χ0n) is 13.1. The van der Waals surface area contributed by atoms with Gasteiger partial charge in [0.25, 0.3) is 5.91 Å². The summed E-state index contributed by atoms with van der Waals surface area (Å²) in [5.41, 5.74) is 4.00. The van der Waals surface area contributed by atoms with Crippen molar-refractivity contribution in [1.82, 2.24) is 14.9 Å². The van der Waals surface area contributed by atoms with Crippen molar-refractivity contribution >= 4 is 16.9 Å². The molecule has 0 bridgehead atoms. The SMILES string of the molecule is Cc1ccc(C(=O)NCc2nc3ccccc3n2C2CC2)cc1. The van der Waals surface area contributed by atoms with Crippen LogP contribution in [0.5, 0.6) is 0 Å². The van der Waals surface area contributed by atoms with Crippen LogP contribution < -0.4 is 5.32 Å². The molecule has 0 unspecified atom stereocenters. The molecule has 0 radical (unpaired) electrons. The fraction of sp³-hybridized carbons (Fsp3) is 0.263. The van der Waals surface area contributed by atoms with Crippen LogP contribution in [-0.4, -0.2) is 15.5 Å². The molecule has 4 nitrogen and oxygen atoms in total. The number of para-hydroxylation sites is 2. The highest BCUT2D eigenvalue weighted by atomic mass is 16.1. The molecule has 1 N–H and O–H groups in total. The molecular weight excluding hydrogens is 286 g/mol. The highest BCUT2D eigenvalue weighted by Gasteiger charge is 2.28. The molecule has 0 spiro atoms. The third kappa shape index (κ3) is 2.72. The first-order chi connectivity index (χ1) is 11.2. The first kappa shape index (κ1) is 14.0. The number of nitrogens with one attached hydrogen (secondary N) is 1. The van der Waals surface area contributed by atoms with Gasteiger partial charge in [0.1, 0.15) is 5.82 Å². The number of fused-ring (bicyclic) bond motifs is 1. The molecule has 1 saturated carbocycles. The van der Waals surface area contributed by atoms with Crippen LogP contribution in [0.2, 0.25) is 0 Å². The van der Waals surface area contributed by atoms with E-state index in [1.807, 2.05) is 49.4 Å². The Kier molecular flexibility index (Phi) is 3.37. The Hall–Kier alpha value is -2.62. The molecule has 3 aromatic rings. The van der Waals surface area contributed by atoms with Gasteiger partial charge in [-0.1, -0.05) is 29.8 Å². The summed E-state index contributed by atoms with van der Waals surface area (Å²) in [7, 11) is 0. The van der Waals surface area contributed by atoms with E-state index in [4.69, 9.17) is 4.98 Å². The highest BCUT2D eigenvalue weighted by Crippen LogP contribution is 2.38. The number of nitrogens with zero attached hydrogens (tertiary/aromatic N) is 2. The van der Waals surface area contributed by atoms with Crippen LogP contribution in [0.1, 0.15) is 40.6 Å². The zero-order chi connectivity index (χ0) is 15.8. The minimum Gasteiger partial charge on any atom is -0.345 e. The molecule has 0 atom stereocenters. The predicted molar refractivity (Wildman–Crippen MR) is 90.4 cm³/mol. The van der Waals surface area contributed by atoms with Gasteiger partial charge in [-0.05, 0) is 44.0 Å². The number of rotatable bonds is 4. The number of carbonyl (C=O) groups excluding carboxylic acids is 1. The van der Waals surface area contributed by atoms with Gasteiger partial charge < -0.3 is 9.88 Å². The lowest BCUT2D eigenvalue weighted by atomic mass is 10.1. The zero-order valence-corrected chi connectivity index (χ0v) is 13.1. The maximum atomic E-state index is 12.3. The van der Waals surface area contributed by atoms with E-state index in [-0.39, 0.29) is 5.91 Å². The van der Waals surface area contributed by atoms with E-state index in [0.717, 1.165) is 22.4 Å². The molecule has 1 amide bonds. The van der Waals surface area contributed by atoms with E-state index in [1.54, 1.807) is 0 Å². The fourth-order valence-electron chi connectivity index (χ4n) is 2.93. The number of aryl methyl sites for hydroxylation is 1. The van der Waals surface area contributed by atoms with E-state index < -0.39 is 0 Å². The molecule has 116 valence electrons. The summed E-state index contributed by atoms with van der Waals surface area (Å²) < 4.78 is 2.28. The standard InChI is InChI=1S/C19H19N3O/c1-13-6-8-14(9-7-13)19(23)20-12-18-21-16-4-2-3-5-17(16)22(18)15-10-11-15/h2-9,15H,10-12H2,1H3,(H,20,23). The van der Waals surface area contributed by atoms with Crippen molar-refractivity contribution < 1.29 is 4.79 Å². The lowest BCUT2D eigenvalue weighted by Gasteiger charge is -2.09. The van der Waals surface area contributed by atoms with E-state index >= 15 is 0 Å². The lowest BCUT2D eigenvalue weighted by Crippen LogP contribution is -2.24. The summed E-state index contributed by atoms with van der Waals surface area (Å²) in [5, 5.41) is 3.00. The largest absolute Gasteiger partial charge is 0.345 e. The molecule has 1 aliphatic carbocycles. The van der Waals surface area contributed by atoms with Gasteiger partial charge in [0, 0.05) is 11.6 Å². The number of benzene rings is 2. The van der Waals surface area contributed by atoms with Crippen molar-refractivity contribution in [3.05, 3.63) is 65.5 Å². The first-order valence-corrected chi connectivity index (χ1v) is 8.03. The topological polar surface area (TPSA) is 46.9 Å². The summed E-state index contributed by atoms with van der Waals surface area (Å²) in [6, 6.07) is 16.3. The van der Waals surface area contributed by atoms with Crippen molar-refractivity contribution in [2.75, 3.05) is 0 Å². The van der Waals surface area contributed by atoms with Gasteiger partial charge in [-0.3, -0.25) is 4.79 Å². The quantitative estimate of drug-likeness (QED) is 0.800. The Morgan fingerprint density at radius 2 is 1.91 bits per heavy atom. The number of amides is 1. The Balaban J connectivity index is 1.57. The van der Waals surface area contributed by atoms with Crippen LogP contribution in [0, 0.1) is 6.92 Å². The molecule has 2 aromatic carbocycles. The van der Waals surface area contributed by atoms with Crippen molar-refractivity contribution in [2.24, 2.45) is 0 Å². The van der Waals surface area contributed by atoms with Crippen molar-refractivity contribution in [3.8, 4) is 0 Å². The van der Waals surface area contributed by atoms with Gasteiger partial charge in [-0.2, -0.15) is 0 Å². The Morgan fingerprint density at radius 1 is 1.17 bits per heavy atom. The smallest absolute Gasteiger partial charge is 0.251 e. The average molecular weight is 305 g/mol. The lowest BCUT2D eigenvalue weighted by molar-refractivity contribution is 0.0949. The number of hydrogen-bond acceptors (Lipinski definition) is 2. The molecular formula is C19H19N3O. The van der Waals surface area contributed by atoms with Crippen LogP contribution in [0.25, 0.3) is 11.0 Å². The average Bonchev–Trinajstić information content (AvgIpc) is 3.33. The van der Waals surface area contributed by atoms with Crippen molar-refractivity contribution in [3.63, 3.8) is 0 Å². The molecule has 1 aliphatic rings. The number of aromatic nitrogens is 2. The second kappa shape index (κ2) is 5.54. The van der Waals surface area contributed by atoms with Crippen molar-refractivity contribution in [2.45, 2.75) is 32.4 Å². The highest BCUT2D eigenvalue weighted by molar-refractivity contribution is 5.94. The van der Waals surface area contributed by atoms with E-state index in [1.165, 1.54) is 12.8 Å². The monoisotopic (exact) mass is 305 g/mol. The molecule has 4 rings (SSSR count). The number of hydrogen-bond donors (Lipinski definition) is 1. The van der Waals surface area contributed by atoms with Gasteiger partial charge in [0.2, 0.25) is 0 Å². The maximum absolute atomic E-state index is 12.3. The van der Waals surface area contributed by atoms with Gasteiger partial charge in [-0.25, -0.2) is 4.98 Å². The third-order valence-corrected chi connectivity index (χ3v) is 4.30. The molecule has 1 heterocycles. The van der Waals surface area contributed by atoms with E-state index in [9.17, 15) is 4.79 Å². The Morgan fingerprint density at radius 3 is 2.65 bits per heavy atom. The third-order valence-electron chi connectivity index (χ3n) is 4.30. The van der Waals surface area contributed by atoms with Gasteiger partial charge in [-0.15, -0.1) is 0 Å². The van der Waals surface area contributed by atoms with Gasteiger partial charge in [0.05, 0.1) is 17.6 Å². The summed E-state index contributed by atoms with van der Waals surface area (Å²) >= 11 is 0. The molecule has 0 aliphatic heterocycles. The summed E-state index contributed by atoms with van der Waals surface area (Å²) in [5.74, 6) is 0.883.